The van der Waals surface area contributed by atoms with Gasteiger partial charge in [0.1, 0.15) is 34.2 Å². The van der Waals surface area contributed by atoms with E-state index in [1.54, 1.807) is 36.4 Å². The Hall–Kier alpha value is -4.84. The van der Waals surface area contributed by atoms with Gasteiger partial charge in [-0.2, -0.15) is 0 Å². The Morgan fingerprint density at radius 3 is 2.08 bits per heavy atom. The molecule has 2 aliphatic rings. The summed E-state index contributed by atoms with van der Waals surface area (Å²) in [6.45, 7) is 0.420. The number of anilines is 2. The van der Waals surface area contributed by atoms with Crippen molar-refractivity contribution >= 4 is 34.6 Å². The number of hydroxylamine groups is 1. The van der Waals surface area contributed by atoms with Crippen LogP contribution < -0.4 is 31.6 Å². The van der Waals surface area contributed by atoms with E-state index in [0.29, 0.717) is 17.1 Å². The fourth-order valence-electron chi connectivity index (χ4n) is 4.75. The van der Waals surface area contributed by atoms with Crippen molar-refractivity contribution in [3.05, 3.63) is 113 Å². The maximum atomic E-state index is 12.8. The van der Waals surface area contributed by atoms with Crippen LogP contribution in [-0.4, -0.2) is 34.9 Å². The number of aromatic nitrogens is 2. The molecule has 0 radical (unpaired) electrons. The van der Waals surface area contributed by atoms with Gasteiger partial charge >= 0.3 is 0 Å². The molecule has 11 nitrogen and oxygen atoms in total. The van der Waals surface area contributed by atoms with Crippen molar-refractivity contribution in [2.75, 3.05) is 23.7 Å². The molecular weight excluding hydrogens is 496 g/mol. The van der Waals surface area contributed by atoms with E-state index >= 15 is 0 Å². The van der Waals surface area contributed by atoms with Crippen molar-refractivity contribution in [2.24, 2.45) is 0 Å². The molecule has 3 unspecified atom stereocenters. The Morgan fingerprint density at radius 2 is 1.38 bits per heavy atom. The van der Waals surface area contributed by atoms with Crippen LogP contribution in [-0.2, 0) is 0 Å². The fourth-order valence-corrected chi connectivity index (χ4v) is 4.75. The second-order valence-electron chi connectivity index (χ2n) is 9.27. The fraction of sp³-hybridized carbons (Fsp3) is 0.143. The SMILES string of the molecule is O=C(NCCNC(=O)c1cccc(C2Nc3ccccc3[NH+]2[O-])n1)c1cccc(C2Nc3ccccc3[NH2+]2)n1. The Balaban J connectivity index is 1.01. The van der Waals surface area contributed by atoms with Crippen LogP contribution in [0.15, 0.2) is 84.9 Å². The van der Waals surface area contributed by atoms with Gasteiger partial charge < -0.3 is 31.5 Å². The van der Waals surface area contributed by atoms with Crippen LogP contribution in [0.3, 0.4) is 0 Å². The van der Waals surface area contributed by atoms with E-state index in [4.69, 9.17) is 0 Å². The van der Waals surface area contributed by atoms with Crippen molar-refractivity contribution in [1.82, 2.24) is 20.6 Å². The van der Waals surface area contributed by atoms with Crippen molar-refractivity contribution in [1.29, 1.82) is 0 Å². The number of para-hydroxylation sites is 4. The van der Waals surface area contributed by atoms with Crippen LogP contribution in [0.25, 0.3) is 0 Å². The number of carbonyl (C=O) groups excluding carboxylic acids is 2. The quantitative estimate of drug-likeness (QED) is 0.121. The van der Waals surface area contributed by atoms with E-state index in [-0.39, 0.29) is 35.9 Å². The van der Waals surface area contributed by atoms with Crippen LogP contribution in [0.4, 0.5) is 22.7 Å². The highest BCUT2D eigenvalue weighted by Crippen LogP contribution is 2.28. The Labute approximate surface area is 224 Å². The zero-order valence-electron chi connectivity index (χ0n) is 20.8. The highest BCUT2D eigenvalue weighted by atomic mass is 16.5. The lowest BCUT2D eigenvalue weighted by atomic mass is 10.2. The number of carbonyl (C=O) groups is 2. The molecule has 4 aromatic rings. The Bertz CT molecular complexity index is 1520. The molecule has 39 heavy (non-hydrogen) atoms. The molecular formula is C28H27N8O3+. The molecule has 0 saturated heterocycles. The number of fused-ring (bicyclic) bond motifs is 2. The van der Waals surface area contributed by atoms with Crippen molar-refractivity contribution < 1.29 is 20.0 Å². The van der Waals surface area contributed by atoms with Gasteiger partial charge in [-0.05, 0) is 36.4 Å². The average Bonchev–Trinajstić information content (AvgIpc) is 3.57. The number of nitrogens with one attached hydrogen (secondary N) is 5. The third-order valence-corrected chi connectivity index (χ3v) is 6.69. The number of rotatable bonds is 7. The molecule has 0 spiro atoms. The predicted octanol–water partition coefficient (Wildman–Crippen LogP) is 1.09. The van der Waals surface area contributed by atoms with E-state index in [1.807, 2.05) is 48.5 Å². The van der Waals surface area contributed by atoms with Gasteiger partial charge in [0.25, 0.3) is 11.8 Å². The molecule has 7 N–H and O–H groups in total. The first-order valence-electron chi connectivity index (χ1n) is 12.7. The maximum Gasteiger partial charge on any atom is 0.269 e. The summed E-state index contributed by atoms with van der Waals surface area (Å²) in [6.07, 6.45) is -0.745. The first kappa shape index (κ1) is 24.5. The summed E-state index contributed by atoms with van der Waals surface area (Å²) in [5.74, 6) is -0.719. The first-order chi connectivity index (χ1) is 19.1. The van der Waals surface area contributed by atoms with Crippen molar-refractivity contribution in [3.63, 3.8) is 0 Å². The summed E-state index contributed by atoms with van der Waals surface area (Å²) in [6, 6.07) is 25.6. The Kier molecular flexibility index (Phi) is 6.59. The number of pyridine rings is 2. The number of hydrogen-bond donors (Lipinski definition) is 6. The molecule has 2 amide bonds. The van der Waals surface area contributed by atoms with E-state index in [9.17, 15) is 14.8 Å². The molecule has 0 fully saturated rings. The smallest absolute Gasteiger partial charge is 0.269 e. The van der Waals surface area contributed by atoms with Gasteiger partial charge in [0.15, 0.2) is 11.4 Å². The normalized spacial score (nSPS) is 18.8. The Morgan fingerprint density at radius 1 is 0.769 bits per heavy atom. The highest BCUT2D eigenvalue weighted by Gasteiger charge is 2.31. The van der Waals surface area contributed by atoms with Crippen molar-refractivity contribution in [3.8, 4) is 0 Å². The third-order valence-electron chi connectivity index (χ3n) is 6.69. The highest BCUT2D eigenvalue weighted by molar-refractivity contribution is 5.93. The molecule has 4 heterocycles. The van der Waals surface area contributed by atoms with Crippen LogP contribution in [0, 0.1) is 5.21 Å². The summed E-state index contributed by atoms with van der Waals surface area (Å²) < 4.78 is 0. The summed E-state index contributed by atoms with van der Waals surface area (Å²) in [4.78, 5) is 34.3. The van der Waals surface area contributed by atoms with E-state index in [0.717, 1.165) is 22.8 Å². The zero-order valence-corrected chi connectivity index (χ0v) is 20.8. The number of quaternary nitrogens is 2. The topological polar surface area (TPSA) is 152 Å². The van der Waals surface area contributed by atoms with Crippen LogP contribution in [0.2, 0.25) is 0 Å². The van der Waals surface area contributed by atoms with Crippen LogP contribution >= 0.6 is 0 Å². The molecule has 2 aliphatic heterocycles. The van der Waals surface area contributed by atoms with E-state index in [2.05, 4.69) is 36.6 Å². The zero-order chi connectivity index (χ0) is 26.8. The molecule has 0 saturated carbocycles. The summed E-state index contributed by atoms with van der Waals surface area (Å²) >= 11 is 0. The summed E-state index contributed by atoms with van der Waals surface area (Å²) in [7, 11) is 0. The molecule has 196 valence electrons. The monoisotopic (exact) mass is 523 g/mol. The second kappa shape index (κ2) is 10.5. The molecule has 3 atom stereocenters. The van der Waals surface area contributed by atoms with Crippen molar-refractivity contribution in [2.45, 2.75) is 12.3 Å². The van der Waals surface area contributed by atoms with Gasteiger partial charge in [-0.25, -0.2) is 9.97 Å². The third kappa shape index (κ3) is 5.01. The molecule has 2 aromatic heterocycles. The van der Waals surface area contributed by atoms with Gasteiger partial charge in [-0.3, -0.25) is 14.9 Å². The summed E-state index contributed by atoms with van der Waals surface area (Å²) in [5.41, 5.74) is 5.21. The lowest BCUT2D eigenvalue weighted by Gasteiger charge is -2.23. The predicted molar refractivity (Wildman–Crippen MR) is 144 cm³/mol. The van der Waals surface area contributed by atoms with E-state index in [1.165, 1.54) is 0 Å². The van der Waals surface area contributed by atoms with Gasteiger partial charge in [0.2, 0.25) is 12.3 Å². The number of nitrogens with zero attached hydrogens (tertiary/aromatic N) is 2. The number of hydrogen-bond acceptors (Lipinski definition) is 7. The minimum Gasteiger partial charge on any atom is -0.627 e. The molecule has 6 rings (SSSR count). The lowest BCUT2D eigenvalue weighted by molar-refractivity contribution is -0.802. The standard InChI is InChI=1S/C28H26N8O3/c37-27(22-12-5-10-20(31-22)25-33-17-7-1-2-8-18(17)34-25)29-15-16-30-28(38)23-13-6-11-21(32-23)26-35-19-9-3-4-14-24(19)36(26)39/h1-14,25-26,33-36H,15-16H2,(H,29,37)(H,30,38)/p+1. The van der Waals surface area contributed by atoms with Crippen LogP contribution in [0.1, 0.15) is 44.7 Å². The molecule has 0 bridgehead atoms. The van der Waals surface area contributed by atoms with Gasteiger partial charge in [0.05, 0.1) is 0 Å². The second-order valence-corrected chi connectivity index (χ2v) is 9.27. The van der Waals surface area contributed by atoms with Gasteiger partial charge in [0, 0.05) is 25.2 Å². The lowest BCUT2D eigenvalue weighted by Crippen LogP contribution is -3.01. The number of nitrogens with two attached hydrogens (primary N) is 1. The minimum absolute atomic E-state index is 0.0813. The first-order valence-corrected chi connectivity index (χ1v) is 12.7. The molecule has 11 heteroatoms. The molecule has 0 aliphatic carbocycles. The van der Waals surface area contributed by atoms with E-state index < -0.39 is 12.1 Å². The van der Waals surface area contributed by atoms with Gasteiger partial charge in [-0.1, -0.05) is 36.4 Å². The largest absolute Gasteiger partial charge is 0.627 e. The maximum absolute atomic E-state index is 12.8. The average molecular weight is 524 g/mol. The minimum atomic E-state index is -0.635. The number of amides is 2. The summed E-state index contributed by atoms with van der Waals surface area (Å²) in [5, 5.41) is 26.9. The number of benzene rings is 2. The van der Waals surface area contributed by atoms with Gasteiger partial charge in [-0.15, -0.1) is 0 Å². The molecule has 2 aromatic carbocycles. The van der Waals surface area contributed by atoms with Crippen LogP contribution in [0.5, 0.6) is 0 Å².